The number of hydrogen-bond donors (Lipinski definition) is 1. The van der Waals surface area contributed by atoms with Crippen LogP contribution in [0.3, 0.4) is 0 Å². The zero-order valence-electron chi connectivity index (χ0n) is 13.8. The molecule has 0 spiro atoms. The summed E-state index contributed by atoms with van der Waals surface area (Å²) in [5.41, 5.74) is 1.97. The van der Waals surface area contributed by atoms with Crippen molar-refractivity contribution < 1.29 is 14.7 Å². The van der Waals surface area contributed by atoms with Gasteiger partial charge in [0.05, 0.1) is 12.5 Å². The molecule has 9 heteroatoms. The Labute approximate surface area is 149 Å². The largest absolute Gasteiger partial charge is 0.481 e. The van der Waals surface area contributed by atoms with Gasteiger partial charge >= 0.3 is 5.97 Å². The monoisotopic (exact) mass is 361 g/mol. The van der Waals surface area contributed by atoms with Crippen LogP contribution < -0.4 is 0 Å². The first-order chi connectivity index (χ1) is 12.0. The van der Waals surface area contributed by atoms with Gasteiger partial charge in [0.1, 0.15) is 6.54 Å². The third kappa shape index (κ3) is 4.36. The van der Waals surface area contributed by atoms with E-state index in [0.29, 0.717) is 18.1 Å². The number of aliphatic carboxylic acids is 1. The van der Waals surface area contributed by atoms with E-state index >= 15 is 0 Å². The zero-order valence-corrected chi connectivity index (χ0v) is 14.6. The number of carboxylic acids is 1. The summed E-state index contributed by atoms with van der Waals surface area (Å²) in [5.74, 6) is 0.827. The van der Waals surface area contributed by atoms with Crippen molar-refractivity contribution in [1.29, 1.82) is 0 Å². The van der Waals surface area contributed by atoms with Crippen LogP contribution >= 0.6 is 11.8 Å². The van der Waals surface area contributed by atoms with Crippen LogP contribution in [0.2, 0.25) is 0 Å². The molecule has 1 amide bonds. The second-order valence-electron chi connectivity index (χ2n) is 5.92. The third-order valence-electron chi connectivity index (χ3n) is 4.00. The number of rotatable bonds is 5. The van der Waals surface area contributed by atoms with E-state index in [2.05, 4.69) is 15.4 Å². The van der Waals surface area contributed by atoms with Gasteiger partial charge in [0.2, 0.25) is 11.7 Å². The van der Waals surface area contributed by atoms with Gasteiger partial charge in [-0.1, -0.05) is 29.8 Å². The Kier molecular flexibility index (Phi) is 5.32. The maximum absolute atomic E-state index is 12.5. The van der Waals surface area contributed by atoms with Gasteiger partial charge < -0.3 is 10.0 Å². The van der Waals surface area contributed by atoms with E-state index in [1.54, 1.807) is 16.7 Å². The molecule has 1 unspecified atom stereocenters. The van der Waals surface area contributed by atoms with Crippen LogP contribution in [0.5, 0.6) is 0 Å². The van der Waals surface area contributed by atoms with Crippen molar-refractivity contribution in [3.05, 3.63) is 29.8 Å². The minimum atomic E-state index is -0.897. The minimum Gasteiger partial charge on any atom is -0.481 e. The quantitative estimate of drug-likeness (QED) is 0.850. The lowest BCUT2D eigenvalue weighted by Gasteiger charge is -2.34. The standard InChI is InChI=1S/C16H19N5O3S/c1-11-2-4-12(5-3-11)16-17-19-21(18-16)9-14(22)20-6-7-25-10-13(20)8-15(23)24/h2-5,13H,6-10H2,1H3,(H,23,24). The summed E-state index contributed by atoms with van der Waals surface area (Å²) in [6.07, 6.45) is -0.0435. The number of carbonyl (C=O) groups is 2. The summed E-state index contributed by atoms with van der Waals surface area (Å²) < 4.78 is 0. The molecule has 1 aromatic heterocycles. The van der Waals surface area contributed by atoms with Crippen LogP contribution in [-0.2, 0) is 16.1 Å². The molecule has 8 nitrogen and oxygen atoms in total. The molecule has 2 aromatic rings. The van der Waals surface area contributed by atoms with Crippen molar-refractivity contribution >= 4 is 23.6 Å². The molecule has 0 radical (unpaired) electrons. The Hall–Kier alpha value is -2.42. The Morgan fingerprint density at radius 3 is 2.80 bits per heavy atom. The van der Waals surface area contributed by atoms with Crippen LogP contribution in [0.15, 0.2) is 24.3 Å². The third-order valence-corrected chi connectivity index (χ3v) is 5.09. The van der Waals surface area contributed by atoms with Gasteiger partial charge in [-0.3, -0.25) is 9.59 Å². The molecule has 1 N–H and O–H groups in total. The SMILES string of the molecule is Cc1ccc(-c2nnn(CC(=O)N3CCSCC3CC(=O)O)n2)cc1. The number of thioether (sulfide) groups is 1. The van der Waals surface area contributed by atoms with Crippen molar-refractivity contribution in [2.24, 2.45) is 0 Å². The van der Waals surface area contributed by atoms with E-state index in [9.17, 15) is 9.59 Å². The van der Waals surface area contributed by atoms with Gasteiger partial charge in [0, 0.05) is 23.6 Å². The molecule has 1 aliphatic heterocycles. The van der Waals surface area contributed by atoms with Gasteiger partial charge in [-0.2, -0.15) is 16.6 Å². The molecular formula is C16H19N5O3S. The molecule has 1 aromatic carbocycles. The molecule has 25 heavy (non-hydrogen) atoms. The molecule has 0 bridgehead atoms. The average molecular weight is 361 g/mol. The van der Waals surface area contributed by atoms with E-state index < -0.39 is 5.97 Å². The van der Waals surface area contributed by atoms with Crippen LogP contribution in [0.4, 0.5) is 0 Å². The highest BCUT2D eigenvalue weighted by atomic mass is 32.2. The number of benzene rings is 1. The Morgan fingerprint density at radius 1 is 1.32 bits per heavy atom. The number of aromatic nitrogens is 4. The Balaban J connectivity index is 1.68. The highest BCUT2D eigenvalue weighted by Crippen LogP contribution is 2.20. The van der Waals surface area contributed by atoms with Gasteiger partial charge in [0.15, 0.2) is 0 Å². The predicted octanol–water partition coefficient (Wildman–Crippen LogP) is 1.07. The molecule has 1 atom stereocenters. The second-order valence-corrected chi connectivity index (χ2v) is 7.07. The van der Waals surface area contributed by atoms with E-state index in [0.717, 1.165) is 16.9 Å². The smallest absolute Gasteiger partial charge is 0.305 e. The summed E-state index contributed by atoms with van der Waals surface area (Å²) >= 11 is 1.67. The first kappa shape index (κ1) is 17.4. The maximum atomic E-state index is 12.5. The molecule has 0 aliphatic carbocycles. The van der Waals surface area contributed by atoms with E-state index in [1.165, 1.54) is 4.80 Å². The summed E-state index contributed by atoms with van der Waals surface area (Å²) in [6.45, 7) is 2.50. The second kappa shape index (κ2) is 7.64. The lowest BCUT2D eigenvalue weighted by molar-refractivity contribution is -0.140. The number of tetrazole rings is 1. The normalized spacial score (nSPS) is 17.5. The number of amides is 1. The number of carbonyl (C=O) groups excluding carboxylic acids is 1. The average Bonchev–Trinajstić information content (AvgIpc) is 3.04. The van der Waals surface area contributed by atoms with Gasteiger partial charge in [-0.05, 0) is 12.1 Å². The summed E-state index contributed by atoms with van der Waals surface area (Å²) in [5, 5.41) is 21.2. The molecule has 2 heterocycles. The van der Waals surface area contributed by atoms with Crippen molar-refractivity contribution in [2.75, 3.05) is 18.1 Å². The molecular weight excluding hydrogens is 342 g/mol. The Morgan fingerprint density at radius 2 is 2.08 bits per heavy atom. The van der Waals surface area contributed by atoms with Crippen LogP contribution in [0, 0.1) is 6.92 Å². The van der Waals surface area contributed by atoms with Crippen molar-refractivity contribution in [3.8, 4) is 11.4 Å². The molecule has 132 valence electrons. The van der Waals surface area contributed by atoms with Gasteiger partial charge in [0.25, 0.3) is 0 Å². The first-order valence-corrected chi connectivity index (χ1v) is 9.12. The number of hydrogen-bond acceptors (Lipinski definition) is 6. The Bertz CT molecular complexity index is 761. The van der Waals surface area contributed by atoms with E-state index in [1.807, 2.05) is 31.2 Å². The van der Waals surface area contributed by atoms with Gasteiger partial charge in [-0.25, -0.2) is 0 Å². The molecule has 1 fully saturated rings. The van der Waals surface area contributed by atoms with Crippen LogP contribution in [-0.4, -0.2) is 66.2 Å². The zero-order chi connectivity index (χ0) is 17.8. The molecule has 1 aliphatic rings. The summed E-state index contributed by atoms with van der Waals surface area (Å²) in [7, 11) is 0. The van der Waals surface area contributed by atoms with Crippen molar-refractivity contribution in [1.82, 2.24) is 25.1 Å². The first-order valence-electron chi connectivity index (χ1n) is 7.97. The lowest BCUT2D eigenvalue weighted by atomic mass is 10.1. The van der Waals surface area contributed by atoms with Crippen molar-refractivity contribution in [2.45, 2.75) is 25.9 Å². The fraction of sp³-hybridized carbons (Fsp3) is 0.438. The molecule has 0 saturated carbocycles. The topological polar surface area (TPSA) is 101 Å². The summed E-state index contributed by atoms with van der Waals surface area (Å²) in [6, 6.07) is 7.45. The number of nitrogens with zero attached hydrogens (tertiary/aromatic N) is 5. The minimum absolute atomic E-state index is 0.0420. The predicted molar refractivity (Wildman–Crippen MR) is 93.1 cm³/mol. The number of aryl methyl sites for hydroxylation is 1. The highest BCUT2D eigenvalue weighted by Gasteiger charge is 2.29. The van der Waals surface area contributed by atoms with Gasteiger partial charge in [-0.15, -0.1) is 10.2 Å². The summed E-state index contributed by atoms with van der Waals surface area (Å²) in [4.78, 5) is 26.4. The highest BCUT2D eigenvalue weighted by molar-refractivity contribution is 7.99. The molecule has 3 rings (SSSR count). The van der Waals surface area contributed by atoms with E-state index in [-0.39, 0.29) is 24.9 Å². The fourth-order valence-corrected chi connectivity index (χ4v) is 3.76. The van der Waals surface area contributed by atoms with Crippen LogP contribution in [0.25, 0.3) is 11.4 Å². The fourth-order valence-electron chi connectivity index (χ4n) is 2.69. The number of carboxylic acid groups (broad SMARTS) is 1. The van der Waals surface area contributed by atoms with Crippen molar-refractivity contribution in [3.63, 3.8) is 0 Å². The lowest BCUT2D eigenvalue weighted by Crippen LogP contribution is -2.48. The van der Waals surface area contributed by atoms with Crippen LogP contribution in [0.1, 0.15) is 12.0 Å². The van der Waals surface area contributed by atoms with E-state index in [4.69, 9.17) is 5.11 Å². The molecule has 1 saturated heterocycles. The maximum Gasteiger partial charge on any atom is 0.305 e.